The van der Waals surface area contributed by atoms with Crippen molar-refractivity contribution in [3.05, 3.63) is 16.9 Å². The Balaban J connectivity index is 2.50. The summed E-state index contributed by atoms with van der Waals surface area (Å²) in [5, 5.41) is 8.52. The molecule has 1 aromatic heterocycles. The molecule has 0 aliphatic rings. The van der Waals surface area contributed by atoms with E-state index in [4.69, 9.17) is 0 Å². The first-order valence-corrected chi connectivity index (χ1v) is 3.41. The molecule has 0 saturated heterocycles. The smallest absolute Gasteiger partial charge is 0.120 e. The lowest BCUT2D eigenvalue weighted by molar-refractivity contribution is 1.01. The molecule has 0 aliphatic carbocycles. The zero-order valence-corrected chi connectivity index (χ0v) is 5.48. The first-order valence-electron chi connectivity index (χ1n) is 2.53. The zero-order chi connectivity index (χ0) is 5.82. The summed E-state index contributed by atoms with van der Waals surface area (Å²) in [7, 11) is 0. The minimum Gasteiger partial charge on any atom is -0.147 e. The van der Waals surface area contributed by atoms with E-state index in [0.29, 0.717) is 0 Å². The van der Waals surface area contributed by atoms with Gasteiger partial charge in [-0.05, 0) is 6.42 Å². The van der Waals surface area contributed by atoms with Crippen molar-refractivity contribution in [3.8, 4) is 0 Å². The van der Waals surface area contributed by atoms with Gasteiger partial charge in [-0.25, -0.2) is 0 Å². The monoisotopic (exact) mass is 127 g/mol. The lowest BCUT2D eigenvalue weighted by Crippen LogP contribution is -1.75. The Kier molecular flexibility index (Phi) is 1.97. The summed E-state index contributed by atoms with van der Waals surface area (Å²) in [6.45, 7) is 2.08. The standard InChI is InChI=1S/C5H7N2S/c1-2-3-5-7-6-4-8-5/h3-4H,2H2,1H3. The fourth-order valence-corrected chi connectivity index (χ4v) is 1.00. The highest BCUT2D eigenvalue weighted by atomic mass is 32.1. The van der Waals surface area contributed by atoms with E-state index in [1.165, 1.54) is 0 Å². The van der Waals surface area contributed by atoms with Crippen molar-refractivity contribution >= 4 is 11.3 Å². The summed E-state index contributed by atoms with van der Waals surface area (Å²) in [6, 6.07) is 0. The SMILES string of the molecule is CC[CH]c1nncs1. The second-order valence-corrected chi connectivity index (χ2v) is 2.25. The van der Waals surface area contributed by atoms with Crippen molar-refractivity contribution in [3.63, 3.8) is 0 Å². The topological polar surface area (TPSA) is 25.8 Å². The molecule has 0 atom stereocenters. The van der Waals surface area contributed by atoms with Crippen LogP contribution in [0.25, 0.3) is 0 Å². The summed E-state index contributed by atoms with van der Waals surface area (Å²) in [5.74, 6) is 0. The van der Waals surface area contributed by atoms with E-state index >= 15 is 0 Å². The quantitative estimate of drug-likeness (QED) is 0.601. The minimum absolute atomic E-state index is 1.02. The van der Waals surface area contributed by atoms with E-state index in [2.05, 4.69) is 23.5 Å². The highest BCUT2D eigenvalue weighted by Gasteiger charge is 1.91. The van der Waals surface area contributed by atoms with E-state index in [1.54, 1.807) is 16.8 Å². The van der Waals surface area contributed by atoms with Crippen molar-refractivity contribution in [2.45, 2.75) is 13.3 Å². The van der Waals surface area contributed by atoms with Crippen LogP contribution in [-0.4, -0.2) is 10.2 Å². The van der Waals surface area contributed by atoms with Crippen molar-refractivity contribution in [2.24, 2.45) is 0 Å². The third-order valence-corrected chi connectivity index (χ3v) is 1.45. The van der Waals surface area contributed by atoms with Gasteiger partial charge >= 0.3 is 0 Å². The zero-order valence-electron chi connectivity index (χ0n) is 4.66. The second kappa shape index (κ2) is 2.77. The summed E-state index contributed by atoms with van der Waals surface area (Å²) in [6.07, 6.45) is 3.09. The predicted molar refractivity (Wildman–Crippen MR) is 33.6 cm³/mol. The molecule has 43 valence electrons. The van der Waals surface area contributed by atoms with E-state index in [9.17, 15) is 0 Å². The van der Waals surface area contributed by atoms with Crippen LogP contribution in [0.4, 0.5) is 0 Å². The lowest BCUT2D eigenvalue weighted by Gasteiger charge is -1.81. The third kappa shape index (κ3) is 1.26. The minimum atomic E-state index is 1.02. The molecule has 0 spiro atoms. The highest BCUT2D eigenvalue weighted by Crippen LogP contribution is 2.05. The van der Waals surface area contributed by atoms with Crippen LogP contribution in [0.5, 0.6) is 0 Å². The molecule has 0 amide bonds. The van der Waals surface area contributed by atoms with Crippen LogP contribution >= 0.6 is 11.3 Å². The van der Waals surface area contributed by atoms with Gasteiger partial charge in [-0.3, -0.25) is 0 Å². The summed E-state index contributed by atoms with van der Waals surface area (Å²) in [5.41, 5.74) is 1.74. The van der Waals surface area contributed by atoms with Crippen LogP contribution in [0.15, 0.2) is 5.51 Å². The number of aromatic nitrogens is 2. The molecule has 0 N–H and O–H groups in total. The van der Waals surface area contributed by atoms with Crippen LogP contribution in [-0.2, 0) is 0 Å². The number of rotatable bonds is 2. The van der Waals surface area contributed by atoms with Crippen molar-refractivity contribution in [2.75, 3.05) is 0 Å². The van der Waals surface area contributed by atoms with Gasteiger partial charge in [-0.2, -0.15) is 0 Å². The van der Waals surface area contributed by atoms with Gasteiger partial charge in [0, 0.05) is 6.42 Å². The number of hydrogen-bond donors (Lipinski definition) is 0. The van der Waals surface area contributed by atoms with Gasteiger partial charge in [-0.1, -0.05) is 6.92 Å². The van der Waals surface area contributed by atoms with Crippen molar-refractivity contribution < 1.29 is 0 Å². The molecule has 0 bridgehead atoms. The predicted octanol–water partition coefficient (Wildman–Crippen LogP) is 1.50. The van der Waals surface area contributed by atoms with Gasteiger partial charge in [-0.15, -0.1) is 21.5 Å². The first-order chi connectivity index (χ1) is 3.93. The molecule has 0 fully saturated rings. The molecule has 1 heterocycles. The van der Waals surface area contributed by atoms with Gasteiger partial charge in [0.1, 0.15) is 10.5 Å². The average molecular weight is 127 g/mol. The molecule has 1 aromatic rings. The van der Waals surface area contributed by atoms with Gasteiger partial charge in [0.15, 0.2) is 0 Å². The van der Waals surface area contributed by atoms with Crippen LogP contribution in [0.2, 0.25) is 0 Å². The molecular weight excluding hydrogens is 120 g/mol. The Morgan fingerprint density at radius 2 is 2.75 bits per heavy atom. The maximum absolute atomic E-state index is 3.82. The molecule has 1 radical (unpaired) electrons. The number of hydrogen-bond acceptors (Lipinski definition) is 3. The first kappa shape index (κ1) is 5.69. The molecule has 1 rings (SSSR count). The molecule has 2 nitrogen and oxygen atoms in total. The molecule has 0 aromatic carbocycles. The van der Waals surface area contributed by atoms with Crippen LogP contribution in [0, 0.1) is 6.42 Å². The Morgan fingerprint density at radius 1 is 1.88 bits per heavy atom. The third-order valence-electron chi connectivity index (χ3n) is 0.756. The summed E-state index contributed by atoms with van der Waals surface area (Å²) in [4.78, 5) is 0. The average Bonchev–Trinajstić information content (AvgIpc) is 2.19. The molecule has 0 saturated carbocycles. The van der Waals surface area contributed by atoms with Crippen molar-refractivity contribution in [1.82, 2.24) is 10.2 Å². The molecule has 8 heavy (non-hydrogen) atoms. The Bertz CT molecular complexity index is 136. The van der Waals surface area contributed by atoms with E-state index in [0.717, 1.165) is 11.4 Å². The Hall–Kier alpha value is -0.440. The van der Waals surface area contributed by atoms with E-state index in [-0.39, 0.29) is 0 Å². The van der Waals surface area contributed by atoms with Crippen molar-refractivity contribution in [1.29, 1.82) is 0 Å². The van der Waals surface area contributed by atoms with Gasteiger partial charge < -0.3 is 0 Å². The van der Waals surface area contributed by atoms with Gasteiger partial charge in [0.2, 0.25) is 0 Å². The van der Waals surface area contributed by atoms with Gasteiger partial charge in [0.05, 0.1) is 0 Å². The van der Waals surface area contributed by atoms with Crippen LogP contribution in [0.3, 0.4) is 0 Å². The molecule has 0 aliphatic heterocycles. The fourth-order valence-electron chi connectivity index (χ4n) is 0.445. The fraction of sp³-hybridized carbons (Fsp3) is 0.400. The lowest BCUT2D eigenvalue weighted by atomic mass is 10.4. The maximum Gasteiger partial charge on any atom is 0.120 e. The van der Waals surface area contributed by atoms with Crippen LogP contribution < -0.4 is 0 Å². The maximum atomic E-state index is 3.82. The second-order valence-electron chi connectivity index (χ2n) is 1.39. The number of nitrogens with zero attached hydrogens (tertiary/aromatic N) is 2. The Labute approximate surface area is 52.6 Å². The van der Waals surface area contributed by atoms with Crippen LogP contribution in [0.1, 0.15) is 18.4 Å². The largest absolute Gasteiger partial charge is 0.147 e. The summed E-state index contributed by atoms with van der Waals surface area (Å²) >= 11 is 1.57. The highest BCUT2D eigenvalue weighted by molar-refractivity contribution is 7.09. The Morgan fingerprint density at radius 3 is 3.25 bits per heavy atom. The molecular formula is C5H7N2S. The summed E-state index contributed by atoms with van der Waals surface area (Å²) < 4.78 is 0. The molecule has 0 unspecified atom stereocenters. The van der Waals surface area contributed by atoms with E-state index in [1.807, 2.05) is 0 Å². The van der Waals surface area contributed by atoms with E-state index < -0.39 is 0 Å². The molecule has 3 heteroatoms. The van der Waals surface area contributed by atoms with Gasteiger partial charge in [0.25, 0.3) is 0 Å². The normalized spacial score (nSPS) is 9.62.